The number of aromatic nitrogens is 1. The molecule has 2 heterocycles. The minimum Gasteiger partial charge on any atom is -0.497 e. The predicted molar refractivity (Wildman–Crippen MR) is 103 cm³/mol. The van der Waals surface area contributed by atoms with Gasteiger partial charge in [0.25, 0.3) is 0 Å². The molecule has 0 saturated carbocycles. The van der Waals surface area contributed by atoms with Gasteiger partial charge in [0.15, 0.2) is 0 Å². The molecule has 3 aromatic rings. The third-order valence-electron chi connectivity index (χ3n) is 5.40. The zero-order valence-electron chi connectivity index (χ0n) is 15.3. The van der Waals surface area contributed by atoms with Crippen LogP contribution in [-0.4, -0.2) is 29.4 Å². The van der Waals surface area contributed by atoms with Crippen LogP contribution in [0.3, 0.4) is 0 Å². The first-order valence-electron chi connectivity index (χ1n) is 9.22. The van der Waals surface area contributed by atoms with Crippen molar-refractivity contribution < 1.29 is 9.53 Å². The number of ether oxygens (including phenoxy) is 1. The maximum atomic E-state index is 13.2. The van der Waals surface area contributed by atoms with Crippen LogP contribution in [0.5, 0.6) is 5.75 Å². The number of hydrogen-bond donors (Lipinski definition) is 1. The fourth-order valence-electron chi connectivity index (χ4n) is 3.97. The van der Waals surface area contributed by atoms with Crippen molar-refractivity contribution in [2.45, 2.75) is 32.2 Å². The Morgan fingerprint density at radius 2 is 2.04 bits per heavy atom. The lowest BCUT2D eigenvalue weighted by atomic mass is 9.93. The molecule has 1 aromatic heterocycles. The summed E-state index contributed by atoms with van der Waals surface area (Å²) in [5.74, 6) is 0.998. The highest BCUT2D eigenvalue weighted by Crippen LogP contribution is 2.32. The zero-order valence-corrected chi connectivity index (χ0v) is 15.3. The molecule has 0 radical (unpaired) electrons. The Balaban J connectivity index is 1.64. The van der Waals surface area contributed by atoms with Crippen LogP contribution in [0.2, 0.25) is 0 Å². The van der Waals surface area contributed by atoms with Crippen molar-refractivity contribution in [2.75, 3.05) is 13.7 Å². The van der Waals surface area contributed by atoms with Crippen molar-refractivity contribution in [1.82, 2.24) is 9.88 Å². The first-order valence-corrected chi connectivity index (χ1v) is 9.22. The first-order chi connectivity index (χ1) is 12.7. The average Bonchev–Trinajstić information content (AvgIpc) is 3.06. The molecule has 1 unspecified atom stereocenters. The smallest absolute Gasteiger partial charge is 0.230 e. The van der Waals surface area contributed by atoms with Crippen LogP contribution in [0, 0.1) is 0 Å². The van der Waals surface area contributed by atoms with E-state index in [1.165, 1.54) is 11.3 Å². The van der Waals surface area contributed by atoms with Crippen LogP contribution in [0.15, 0.2) is 48.5 Å². The molecule has 2 aromatic carbocycles. The Kier molecular flexibility index (Phi) is 4.41. The van der Waals surface area contributed by atoms with E-state index < -0.39 is 0 Å². The third kappa shape index (κ3) is 2.85. The van der Waals surface area contributed by atoms with Gasteiger partial charge >= 0.3 is 0 Å². The van der Waals surface area contributed by atoms with Gasteiger partial charge in [-0.25, -0.2) is 0 Å². The van der Waals surface area contributed by atoms with Gasteiger partial charge in [0.05, 0.1) is 13.0 Å². The molecule has 1 amide bonds. The van der Waals surface area contributed by atoms with Crippen molar-refractivity contribution in [1.29, 1.82) is 0 Å². The van der Waals surface area contributed by atoms with Gasteiger partial charge in [-0.1, -0.05) is 37.3 Å². The largest absolute Gasteiger partial charge is 0.497 e. The van der Waals surface area contributed by atoms with Gasteiger partial charge in [-0.05, 0) is 30.2 Å². The third-order valence-corrected chi connectivity index (χ3v) is 5.40. The van der Waals surface area contributed by atoms with Crippen molar-refractivity contribution >= 4 is 16.8 Å². The second-order valence-electron chi connectivity index (χ2n) is 6.87. The molecule has 0 saturated heterocycles. The standard InChI is InChI=1S/C22H24N2O2/c1-3-17(15-7-5-4-6-8-15)22(25)24-12-11-21-19(14-24)18-13-16(26-2)9-10-20(18)23-21/h4-10,13,17,23H,3,11-12,14H2,1-2H3. The second-order valence-corrected chi connectivity index (χ2v) is 6.87. The number of amides is 1. The molecule has 0 aliphatic carbocycles. The molecule has 134 valence electrons. The highest BCUT2D eigenvalue weighted by Gasteiger charge is 2.29. The summed E-state index contributed by atoms with van der Waals surface area (Å²) in [5, 5.41) is 1.16. The van der Waals surface area contributed by atoms with Crippen LogP contribution >= 0.6 is 0 Å². The number of H-pyrrole nitrogens is 1. The van der Waals surface area contributed by atoms with Gasteiger partial charge in [0.2, 0.25) is 5.91 Å². The quantitative estimate of drug-likeness (QED) is 0.766. The Morgan fingerprint density at radius 3 is 2.77 bits per heavy atom. The van der Waals surface area contributed by atoms with E-state index in [0.717, 1.165) is 41.6 Å². The lowest BCUT2D eigenvalue weighted by Crippen LogP contribution is -2.38. The molecule has 1 aliphatic rings. The van der Waals surface area contributed by atoms with Gasteiger partial charge in [-0.2, -0.15) is 0 Å². The summed E-state index contributed by atoms with van der Waals surface area (Å²) in [5.41, 5.74) is 4.68. The number of benzene rings is 2. The summed E-state index contributed by atoms with van der Waals surface area (Å²) >= 11 is 0. The van der Waals surface area contributed by atoms with Crippen LogP contribution in [0.1, 0.15) is 36.1 Å². The van der Waals surface area contributed by atoms with E-state index in [9.17, 15) is 4.79 Å². The van der Waals surface area contributed by atoms with Gasteiger partial charge in [0.1, 0.15) is 5.75 Å². The van der Waals surface area contributed by atoms with Crippen LogP contribution < -0.4 is 4.74 Å². The molecular weight excluding hydrogens is 324 g/mol. The fourth-order valence-corrected chi connectivity index (χ4v) is 3.97. The number of fused-ring (bicyclic) bond motifs is 3. The zero-order chi connectivity index (χ0) is 18.1. The predicted octanol–water partition coefficient (Wildman–Crippen LogP) is 4.26. The lowest BCUT2D eigenvalue weighted by Gasteiger charge is -2.30. The molecule has 1 N–H and O–H groups in total. The van der Waals surface area contributed by atoms with E-state index in [4.69, 9.17) is 4.74 Å². The van der Waals surface area contributed by atoms with Crippen molar-refractivity contribution in [3.63, 3.8) is 0 Å². The Bertz CT molecular complexity index is 930. The highest BCUT2D eigenvalue weighted by atomic mass is 16.5. The number of rotatable bonds is 4. The molecule has 0 fully saturated rings. The minimum atomic E-state index is -0.0718. The second kappa shape index (κ2) is 6.87. The van der Waals surface area contributed by atoms with E-state index in [1.54, 1.807) is 7.11 Å². The lowest BCUT2D eigenvalue weighted by molar-refractivity contribution is -0.133. The van der Waals surface area contributed by atoms with Crippen molar-refractivity contribution in [2.24, 2.45) is 0 Å². The van der Waals surface area contributed by atoms with E-state index in [-0.39, 0.29) is 11.8 Å². The van der Waals surface area contributed by atoms with Crippen LogP contribution in [-0.2, 0) is 17.8 Å². The minimum absolute atomic E-state index is 0.0718. The normalized spacial score (nSPS) is 14.9. The van der Waals surface area contributed by atoms with Crippen molar-refractivity contribution in [3.8, 4) is 5.75 Å². The van der Waals surface area contributed by atoms with E-state index in [0.29, 0.717) is 6.54 Å². The molecule has 4 nitrogen and oxygen atoms in total. The summed E-state index contributed by atoms with van der Waals surface area (Å²) in [4.78, 5) is 18.7. The number of nitrogens with one attached hydrogen (secondary N) is 1. The average molecular weight is 348 g/mol. The van der Waals surface area contributed by atoms with E-state index in [2.05, 4.69) is 36.2 Å². The number of carbonyl (C=O) groups excluding carboxylic acids is 1. The monoisotopic (exact) mass is 348 g/mol. The Labute approximate surface area is 153 Å². The summed E-state index contributed by atoms with van der Waals surface area (Å²) in [6.07, 6.45) is 1.68. The highest BCUT2D eigenvalue weighted by molar-refractivity contribution is 5.88. The Morgan fingerprint density at radius 1 is 1.23 bits per heavy atom. The molecule has 1 aliphatic heterocycles. The number of methoxy groups -OCH3 is 1. The number of nitrogens with zero attached hydrogens (tertiary/aromatic N) is 1. The summed E-state index contributed by atoms with van der Waals surface area (Å²) in [6.45, 7) is 3.51. The van der Waals surface area contributed by atoms with Gasteiger partial charge in [0, 0.05) is 41.7 Å². The molecular formula is C22H24N2O2. The van der Waals surface area contributed by atoms with Crippen LogP contribution in [0.4, 0.5) is 0 Å². The molecule has 4 heteroatoms. The molecule has 0 spiro atoms. The number of aromatic amines is 1. The summed E-state index contributed by atoms with van der Waals surface area (Å²) in [7, 11) is 1.68. The summed E-state index contributed by atoms with van der Waals surface area (Å²) in [6, 6.07) is 16.2. The van der Waals surface area contributed by atoms with E-state index in [1.807, 2.05) is 29.2 Å². The maximum Gasteiger partial charge on any atom is 0.230 e. The maximum absolute atomic E-state index is 13.2. The molecule has 0 bridgehead atoms. The van der Waals surface area contributed by atoms with Crippen molar-refractivity contribution in [3.05, 3.63) is 65.4 Å². The van der Waals surface area contributed by atoms with Gasteiger partial charge < -0.3 is 14.6 Å². The SMILES string of the molecule is CCC(C(=O)N1CCc2[nH]c3ccc(OC)cc3c2C1)c1ccccc1. The van der Waals surface area contributed by atoms with Crippen LogP contribution in [0.25, 0.3) is 10.9 Å². The first kappa shape index (κ1) is 16.7. The molecule has 26 heavy (non-hydrogen) atoms. The number of hydrogen-bond acceptors (Lipinski definition) is 2. The van der Waals surface area contributed by atoms with Gasteiger partial charge in [-0.15, -0.1) is 0 Å². The Hall–Kier alpha value is -2.75. The molecule has 1 atom stereocenters. The molecule has 4 rings (SSSR count). The topological polar surface area (TPSA) is 45.3 Å². The van der Waals surface area contributed by atoms with Gasteiger partial charge in [-0.3, -0.25) is 4.79 Å². The summed E-state index contributed by atoms with van der Waals surface area (Å²) < 4.78 is 5.38. The fraction of sp³-hybridized carbons (Fsp3) is 0.318. The van der Waals surface area contributed by atoms with E-state index >= 15 is 0 Å². The number of carbonyl (C=O) groups is 1.